The van der Waals surface area contributed by atoms with Gasteiger partial charge in [0.15, 0.2) is 0 Å². The van der Waals surface area contributed by atoms with E-state index in [4.69, 9.17) is 23.2 Å². The smallest absolute Gasteiger partial charge is 0.312 e. The van der Waals surface area contributed by atoms with E-state index in [1.807, 2.05) is 0 Å². The van der Waals surface area contributed by atoms with Crippen LogP contribution in [0.15, 0.2) is 18.2 Å². The molecular weight excluding hydrogens is 343 g/mol. The monoisotopic (exact) mass is 356 g/mol. The molecule has 2 rings (SSSR count). The maximum Gasteiger partial charge on any atom is 0.312 e. The number of hydrogen-bond donors (Lipinski definition) is 1. The minimum atomic E-state index is -0.474. The Kier molecular flexibility index (Phi) is 5.23. The van der Waals surface area contributed by atoms with Crippen molar-refractivity contribution in [2.45, 2.75) is 26.8 Å². The lowest BCUT2D eigenvalue weighted by atomic mass is 10.3. The van der Waals surface area contributed by atoms with Crippen molar-refractivity contribution in [2.24, 2.45) is 0 Å². The van der Waals surface area contributed by atoms with E-state index < -0.39 is 4.92 Å². The van der Waals surface area contributed by atoms with E-state index in [0.717, 1.165) is 0 Å². The standard InChI is InChI=1S/C14H14Cl2N4O3/c1-8-14(20(22)23)9(2)19(18-8)7-6-12(21)17-13-10(15)4-3-5-11(13)16/h3-5H,6-7H2,1-2H3,(H,17,21). The molecule has 0 unspecified atom stereocenters. The Morgan fingerprint density at radius 3 is 2.48 bits per heavy atom. The lowest BCUT2D eigenvalue weighted by Crippen LogP contribution is -2.16. The summed E-state index contributed by atoms with van der Waals surface area (Å²) in [5.41, 5.74) is 1.05. The van der Waals surface area contributed by atoms with Crippen LogP contribution in [0.2, 0.25) is 10.0 Å². The number of aryl methyl sites for hydroxylation is 2. The maximum atomic E-state index is 12.0. The van der Waals surface area contributed by atoms with Gasteiger partial charge in [0.2, 0.25) is 5.91 Å². The van der Waals surface area contributed by atoms with Crippen molar-refractivity contribution in [3.63, 3.8) is 0 Å². The second-order valence-electron chi connectivity index (χ2n) is 4.89. The molecule has 9 heteroatoms. The lowest BCUT2D eigenvalue weighted by molar-refractivity contribution is -0.386. The molecule has 1 N–H and O–H groups in total. The van der Waals surface area contributed by atoms with Crippen LogP contribution in [-0.2, 0) is 11.3 Å². The van der Waals surface area contributed by atoms with Crippen LogP contribution in [0.5, 0.6) is 0 Å². The molecule has 7 nitrogen and oxygen atoms in total. The Hall–Kier alpha value is -2.12. The number of aromatic nitrogens is 2. The Bertz CT molecular complexity index is 753. The molecule has 0 spiro atoms. The zero-order valence-electron chi connectivity index (χ0n) is 12.5. The first-order chi connectivity index (χ1) is 10.8. The highest BCUT2D eigenvalue weighted by Crippen LogP contribution is 2.30. The van der Waals surface area contributed by atoms with Gasteiger partial charge in [-0.25, -0.2) is 0 Å². The Balaban J connectivity index is 2.06. The minimum Gasteiger partial charge on any atom is -0.323 e. The second-order valence-corrected chi connectivity index (χ2v) is 5.71. The third-order valence-electron chi connectivity index (χ3n) is 3.30. The van der Waals surface area contributed by atoms with Gasteiger partial charge in [0, 0.05) is 6.42 Å². The molecule has 122 valence electrons. The number of nitrogens with zero attached hydrogens (tertiary/aromatic N) is 3. The SMILES string of the molecule is Cc1nn(CCC(=O)Nc2c(Cl)cccc2Cl)c(C)c1[N+](=O)[O-]. The quantitative estimate of drug-likeness (QED) is 0.652. The third kappa shape index (κ3) is 3.80. The largest absolute Gasteiger partial charge is 0.323 e. The second kappa shape index (κ2) is 6.97. The zero-order chi connectivity index (χ0) is 17.1. The van der Waals surface area contributed by atoms with Crippen LogP contribution in [0.3, 0.4) is 0 Å². The molecule has 0 radical (unpaired) electrons. The number of nitro groups is 1. The molecular formula is C14H14Cl2N4O3. The fraction of sp³-hybridized carbons (Fsp3) is 0.286. The molecule has 1 amide bonds. The Morgan fingerprint density at radius 2 is 1.96 bits per heavy atom. The van der Waals surface area contributed by atoms with Crippen molar-refractivity contribution in [3.8, 4) is 0 Å². The van der Waals surface area contributed by atoms with Gasteiger partial charge in [-0.15, -0.1) is 0 Å². The number of halogens is 2. The van der Waals surface area contributed by atoms with Gasteiger partial charge in [-0.3, -0.25) is 19.6 Å². The summed E-state index contributed by atoms with van der Waals surface area (Å²) in [5, 5.41) is 18.4. The molecule has 1 aromatic carbocycles. The number of carbonyl (C=O) groups excluding carboxylic acids is 1. The maximum absolute atomic E-state index is 12.0. The summed E-state index contributed by atoms with van der Waals surface area (Å²) >= 11 is 12.0. The molecule has 0 aliphatic carbocycles. The first kappa shape index (κ1) is 17.2. The first-order valence-corrected chi connectivity index (χ1v) is 7.49. The van der Waals surface area contributed by atoms with E-state index >= 15 is 0 Å². The highest BCUT2D eigenvalue weighted by molar-refractivity contribution is 6.39. The van der Waals surface area contributed by atoms with Crippen LogP contribution in [0.25, 0.3) is 0 Å². The van der Waals surface area contributed by atoms with Crippen LogP contribution in [-0.4, -0.2) is 20.6 Å². The zero-order valence-corrected chi connectivity index (χ0v) is 14.0. The van der Waals surface area contributed by atoms with Gasteiger partial charge in [0.05, 0.1) is 27.2 Å². The topological polar surface area (TPSA) is 90.1 Å². The van der Waals surface area contributed by atoms with Crippen molar-refractivity contribution < 1.29 is 9.72 Å². The van der Waals surface area contributed by atoms with Crippen LogP contribution >= 0.6 is 23.2 Å². The summed E-state index contributed by atoms with van der Waals surface area (Å²) in [5.74, 6) is -0.310. The van der Waals surface area contributed by atoms with E-state index in [-0.39, 0.29) is 24.6 Å². The molecule has 1 aromatic heterocycles. The fourth-order valence-electron chi connectivity index (χ4n) is 2.20. The fourth-order valence-corrected chi connectivity index (χ4v) is 2.69. The van der Waals surface area contributed by atoms with Crippen molar-refractivity contribution in [3.05, 3.63) is 49.7 Å². The summed E-state index contributed by atoms with van der Waals surface area (Å²) < 4.78 is 1.45. The van der Waals surface area contributed by atoms with Crippen molar-refractivity contribution in [1.82, 2.24) is 9.78 Å². The number of rotatable bonds is 5. The number of amides is 1. The molecule has 0 aliphatic heterocycles. The van der Waals surface area contributed by atoms with E-state index in [2.05, 4.69) is 10.4 Å². The molecule has 0 atom stereocenters. The Labute approximate surface area is 142 Å². The van der Waals surface area contributed by atoms with Crippen molar-refractivity contribution >= 4 is 40.5 Å². The number of nitrogens with one attached hydrogen (secondary N) is 1. The summed E-state index contributed by atoms with van der Waals surface area (Å²) in [4.78, 5) is 22.5. The van der Waals surface area contributed by atoms with Gasteiger partial charge in [0.25, 0.3) is 0 Å². The normalized spacial score (nSPS) is 10.6. The van der Waals surface area contributed by atoms with Crippen LogP contribution in [0.4, 0.5) is 11.4 Å². The van der Waals surface area contributed by atoms with Crippen LogP contribution in [0.1, 0.15) is 17.8 Å². The average Bonchev–Trinajstić information content (AvgIpc) is 2.75. The molecule has 0 saturated carbocycles. The number of benzene rings is 1. The number of para-hydroxylation sites is 1. The predicted octanol–water partition coefficient (Wildman–Crippen LogP) is 3.74. The number of carbonyl (C=O) groups is 1. The van der Waals surface area contributed by atoms with Crippen LogP contribution < -0.4 is 5.32 Å². The van der Waals surface area contributed by atoms with Gasteiger partial charge >= 0.3 is 5.69 Å². The minimum absolute atomic E-state index is 0.0282. The van der Waals surface area contributed by atoms with Gasteiger partial charge in [-0.2, -0.15) is 5.10 Å². The Morgan fingerprint density at radius 1 is 1.35 bits per heavy atom. The number of hydrogen-bond acceptors (Lipinski definition) is 4. The molecule has 1 heterocycles. The molecule has 0 aliphatic rings. The average molecular weight is 357 g/mol. The van der Waals surface area contributed by atoms with Gasteiger partial charge in [-0.1, -0.05) is 29.3 Å². The predicted molar refractivity (Wildman–Crippen MR) is 88.1 cm³/mol. The molecule has 0 fully saturated rings. The van der Waals surface area contributed by atoms with Crippen molar-refractivity contribution in [1.29, 1.82) is 0 Å². The number of anilines is 1. The van der Waals surface area contributed by atoms with Gasteiger partial charge < -0.3 is 5.32 Å². The molecule has 2 aromatic rings. The van der Waals surface area contributed by atoms with E-state index in [1.54, 1.807) is 32.0 Å². The van der Waals surface area contributed by atoms with Crippen LogP contribution in [0, 0.1) is 24.0 Å². The van der Waals surface area contributed by atoms with E-state index in [9.17, 15) is 14.9 Å². The van der Waals surface area contributed by atoms with Gasteiger partial charge in [-0.05, 0) is 26.0 Å². The lowest BCUT2D eigenvalue weighted by Gasteiger charge is -2.09. The summed E-state index contributed by atoms with van der Waals surface area (Å²) in [6, 6.07) is 4.91. The van der Waals surface area contributed by atoms with Gasteiger partial charge in [0.1, 0.15) is 11.4 Å². The summed E-state index contributed by atoms with van der Waals surface area (Å²) in [7, 11) is 0. The first-order valence-electron chi connectivity index (χ1n) is 6.73. The van der Waals surface area contributed by atoms with Crippen molar-refractivity contribution in [2.75, 3.05) is 5.32 Å². The summed E-state index contributed by atoms with van der Waals surface area (Å²) in [6.45, 7) is 3.38. The highest BCUT2D eigenvalue weighted by Gasteiger charge is 2.22. The molecule has 23 heavy (non-hydrogen) atoms. The molecule has 0 saturated heterocycles. The van der Waals surface area contributed by atoms with E-state index in [0.29, 0.717) is 27.1 Å². The summed E-state index contributed by atoms with van der Waals surface area (Å²) in [6.07, 6.45) is 0.0840. The highest BCUT2D eigenvalue weighted by atomic mass is 35.5. The van der Waals surface area contributed by atoms with E-state index in [1.165, 1.54) is 4.68 Å². The third-order valence-corrected chi connectivity index (χ3v) is 3.93. The molecule has 0 bridgehead atoms.